The van der Waals surface area contributed by atoms with Crippen molar-refractivity contribution in [3.8, 4) is 0 Å². The maximum absolute atomic E-state index is 12.2. The molecule has 3 atom stereocenters. The molecule has 1 saturated heterocycles. The molecule has 3 N–H and O–H groups in total. The van der Waals surface area contributed by atoms with Gasteiger partial charge in [-0.25, -0.2) is 0 Å². The highest BCUT2D eigenvalue weighted by Gasteiger charge is 2.30. The average molecular weight is 338 g/mol. The lowest BCUT2D eigenvalue weighted by Crippen LogP contribution is -2.36. The molecule has 128 valence electrons. The average Bonchev–Trinajstić information content (AvgIpc) is 3.05. The summed E-state index contributed by atoms with van der Waals surface area (Å²) in [5, 5.41) is 3.02. The van der Waals surface area contributed by atoms with E-state index in [9.17, 15) is 4.79 Å². The molecule has 2 rings (SSSR count). The summed E-state index contributed by atoms with van der Waals surface area (Å²) >= 11 is 1.76. The zero-order chi connectivity index (χ0) is 16.7. The standard InChI is InChI=1S/C17H26N2O3S/c1-12(19-17(20)16-8-5-14(11-18)22-16)13-3-6-15(7-4-13)23-10-9-21-2/h3-4,6-7,12,14,16H,5,8-11,18H2,1-2H3,(H,19,20)/t12?,14-,16+/m1/s1. The molecule has 0 spiro atoms. The van der Waals surface area contributed by atoms with Crippen molar-refractivity contribution in [3.63, 3.8) is 0 Å². The predicted octanol–water partition coefficient (Wildman–Crippen LogP) is 2.11. The lowest BCUT2D eigenvalue weighted by atomic mass is 10.1. The van der Waals surface area contributed by atoms with E-state index in [-0.39, 0.29) is 24.2 Å². The first-order valence-corrected chi connectivity index (χ1v) is 9.00. The predicted molar refractivity (Wildman–Crippen MR) is 92.5 cm³/mol. The molecular weight excluding hydrogens is 312 g/mol. The first-order chi connectivity index (χ1) is 11.1. The largest absolute Gasteiger partial charge is 0.384 e. The Hall–Kier alpha value is -1.08. The fourth-order valence-corrected chi connectivity index (χ4v) is 3.37. The highest BCUT2D eigenvalue weighted by molar-refractivity contribution is 7.99. The number of hydrogen-bond donors (Lipinski definition) is 2. The van der Waals surface area contributed by atoms with Crippen molar-refractivity contribution < 1.29 is 14.3 Å². The van der Waals surface area contributed by atoms with Crippen molar-refractivity contribution in [2.24, 2.45) is 5.73 Å². The molecule has 1 aromatic carbocycles. The van der Waals surface area contributed by atoms with Gasteiger partial charge in [0.05, 0.1) is 18.8 Å². The second kappa shape index (κ2) is 9.27. The summed E-state index contributed by atoms with van der Waals surface area (Å²) in [5.41, 5.74) is 6.67. The minimum Gasteiger partial charge on any atom is -0.384 e. The molecule has 1 heterocycles. The van der Waals surface area contributed by atoms with Gasteiger partial charge in [0.2, 0.25) is 5.91 Å². The van der Waals surface area contributed by atoms with E-state index >= 15 is 0 Å². The van der Waals surface area contributed by atoms with Crippen LogP contribution in [-0.4, -0.2) is 44.1 Å². The topological polar surface area (TPSA) is 73.6 Å². The molecule has 0 aliphatic carbocycles. The summed E-state index contributed by atoms with van der Waals surface area (Å²) in [4.78, 5) is 13.4. The highest BCUT2D eigenvalue weighted by Crippen LogP contribution is 2.23. The lowest BCUT2D eigenvalue weighted by Gasteiger charge is -2.18. The van der Waals surface area contributed by atoms with Crippen molar-refractivity contribution in [1.29, 1.82) is 0 Å². The van der Waals surface area contributed by atoms with Crippen molar-refractivity contribution in [2.45, 2.75) is 42.9 Å². The van der Waals surface area contributed by atoms with Gasteiger partial charge in [0, 0.05) is 24.3 Å². The summed E-state index contributed by atoms with van der Waals surface area (Å²) in [6.07, 6.45) is 1.26. The Kier molecular flexibility index (Phi) is 7.36. The van der Waals surface area contributed by atoms with Crippen LogP contribution in [0.4, 0.5) is 0 Å². The Bertz CT molecular complexity index is 495. The molecule has 0 radical (unpaired) electrons. The monoisotopic (exact) mass is 338 g/mol. The second-order valence-electron chi connectivity index (χ2n) is 5.70. The van der Waals surface area contributed by atoms with E-state index in [0.29, 0.717) is 6.54 Å². The molecule has 0 saturated carbocycles. The second-order valence-corrected chi connectivity index (χ2v) is 6.87. The molecule has 1 amide bonds. The van der Waals surface area contributed by atoms with Crippen LogP contribution in [0, 0.1) is 0 Å². The summed E-state index contributed by atoms with van der Waals surface area (Å²) in [6.45, 7) is 3.20. The molecule has 23 heavy (non-hydrogen) atoms. The van der Waals surface area contributed by atoms with Gasteiger partial charge in [0.1, 0.15) is 6.10 Å². The zero-order valence-electron chi connectivity index (χ0n) is 13.8. The van der Waals surface area contributed by atoms with Crippen LogP contribution in [0.2, 0.25) is 0 Å². The first-order valence-electron chi connectivity index (χ1n) is 8.01. The minimum atomic E-state index is -0.366. The number of benzene rings is 1. The van der Waals surface area contributed by atoms with Gasteiger partial charge in [0.25, 0.3) is 0 Å². The van der Waals surface area contributed by atoms with Crippen molar-refractivity contribution in [1.82, 2.24) is 5.32 Å². The maximum Gasteiger partial charge on any atom is 0.249 e. The number of amides is 1. The fraction of sp³-hybridized carbons (Fsp3) is 0.588. The Morgan fingerprint density at radius 1 is 1.43 bits per heavy atom. The van der Waals surface area contributed by atoms with Crippen LogP contribution in [-0.2, 0) is 14.3 Å². The number of hydrogen-bond acceptors (Lipinski definition) is 5. The molecule has 0 aromatic heterocycles. The number of nitrogens with one attached hydrogen (secondary N) is 1. The third-order valence-electron chi connectivity index (χ3n) is 3.96. The van der Waals surface area contributed by atoms with Gasteiger partial charge < -0.3 is 20.5 Å². The molecule has 5 nitrogen and oxygen atoms in total. The van der Waals surface area contributed by atoms with E-state index in [4.69, 9.17) is 15.2 Å². The van der Waals surface area contributed by atoms with Crippen LogP contribution in [0.25, 0.3) is 0 Å². The van der Waals surface area contributed by atoms with Gasteiger partial charge in [0.15, 0.2) is 0 Å². The SMILES string of the molecule is COCCSc1ccc(C(C)NC(=O)[C@@H]2CC[C@H](CN)O2)cc1. The van der Waals surface area contributed by atoms with Gasteiger partial charge in [-0.3, -0.25) is 4.79 Å². The van der Waals surface area contributed by atoms with Crippen LogP contribution in [0.3, 0.4) is 0 Å². The maximum atomic E-state index is 12.2. The van der Waals surface area contributed by atoms with Crippen molar-refractivity contribution in [2.75, 3.05) is 26.0 Å². The number of rotatable bonds is 8. The summed E-state index contributed by atoms with van der Waals surface area (Å²) < 4.78 is 10.7. The van der Waals surface area contributed by atoms with Crippen LogP contribution >= 0.6 is 11.8 Å². The van der Waals surface area contributed by atoms with Crippen molar-refractivity contribution >= 4 is 17.7 Å². The molecule has 0 bridgehead atoms. The molecular formula is C17H26N2O3S. The third-order valence-corrected chi connectivity index (χ3v) is 4.93. The smallest absolute Gasteiger partial charge is 0.249 e. The Morgan fingerprint density at radius 2 is 2.17 bits per heavy atom. The zero-order valence-corrected chi connectivity index (χ0v) is 14.6. The van der Waals surface area contributed by atoms with Gasteiger partial charge in [-0.15, -0.1) is 11.8 Å². The molecule has 1 unspecified atom stereocenters. The van der Waals surface area contributed by atoms with Crippen molar-refractivity contribution in [3.05, 3.63) is 29.8 Å². The van der Waals surface area contributed by atoms with E-state index in [1.54, 1.807) is 18.9 Å². The van der Waals surface area contributed by atoms with Gasteiger partial charge in [-0.05, 0) is 37.5 Å². The number of methoxy groups -OCH3 is 1. The summed E-state index contributed by atoms with van der Waals surface area (Å²) in [5.74, 6) is 0.885. The van der Waals surface area contributed by atoms with Gasteiger partial charge in [-0.1, -0.05) is 12.1 Å². The quantitative estimate of drug-likeness (QED) is 0.561. The van der Waals surface area contributed by atoms with Crippen LogP contribution in [0.5, 0.6) is 0 Å². The molecule has 1 aliphatic rings. The van der Waals surface area contributed by atoms with Crippen LogP contribution < -0.4 is 11.1 Å². The third kappa shape index (κ3) is 5.49. The van der Waals surface area contributed by atoms with E-state index in [1.165, 1.54) is 4.90 Å². The number of carbonyl (C=O) groups excluding carboxylic acids is 1. The normalized spacial score (nSPS) is 22.0. The Labute approximate surface area is 142 Å². The fourth-order valence-electron chi connectivity index (χ4n) is 2.56. The lowest BCUT2D eigenvalue weighted by molar-refractivity contribution is -0.132. The molecule has 1 aromatic rings. The number of nitrogens with two attached hydrogens (primary N) is 1. The van der Waals surface area contributed by atoms with Gasteiger partial charge in [-0.2, -0.15) is 0 Å². The van der Waals surface area contributed by atoms with E-state index in [0.717, 1.165) is 30.8 Å². The summed E-state index contributed by atoms with van der Waals surface area (Å²) in [7, 11) is 1.71. The van der Waals surface area contributed by atoms with E-state index in [1.807, 2.05) is 6.92 Å². The number of carbonyl (C=O) groups is 1. The van der Waals surface area contributed by atoms with Gasteiger partial charge >= 0.3 is 0 Å². The van der Waals surface area contributed by atoms with Crippen LogP contribution in [0.15, 0.2) is 29.2 Å². The molecule has 6 heteroatoms. The Balaban J connectivity index is 1.83. The van der Waals surface area contributed by atoms with E-state index in [2.05, 4.69) is 29.6 Å². The summed E-state index contributed by atoms with van der Waals surface area (Å²) in [6, 6.07) is 8.22. The number of thioether (sulfide) groups is 1. The Morgan fingerprint density at radius 3 is 2.78 bits per heavy atom. The first kappa shape index (κ1) is 18.3. The molecule has 1 fully saturated rings. The molecule has 1 aliphatic heterocycles. The van der Waals surface area contributed by atoms with Crippen LogP contribution in [0.1, 0.15) is 31.4 Å². The minimum absolute atomic E-state index is 0.0180. The highest BCUT2D eigenvalue weighted by atomic mass is 32.2. The number of ether oxygens (including phenoxy) is 2. The van der Waals surface area contributed by atoms with E-state index < -0.39 is 0 Å².